The Morgan fingerprint density at radius 2 is 1.90 bits per heavy atom. The van der Waals surface area contributed by atoms with Crippen LogP contribution in [0.4, 0.5) is 0 Å². The number of hydrazine groups is 1. The van der Waals surface area contributed by atoms with Crippen molar-refractivity contribution in [3.63, 3.8) is 0 Å². The number of rotatable bonds is 3. The summed E-state index contributed by atoms with van der Waals surface area (Å²) in [6.07, 6.45) is 1.94. The highest BCUT2D eigenvalue weighted by Crippen LogP contribution is 2.28. The Morgan fingerprint density at radius 1 is 1.15 bits per heavy atom. The van der Waals surface area contributed by atoms with Crippen molar-refractivity contribution in [2.45, 2.75) is 25.4 Å². The molecule has 6 heteroatoms. The summed E-state index contributed by atoms with van der Waals surface area (Å²) in [5, 5.41) is 3.79. The normalized spacial score (nSPS) is 20.8. The van der Waals surface area contributed by atoms with Crippen LogP contribution in [-0.4, -0.2) is 17.5 Å². The van der Waals surface area contributed by atoms with Crippen LogP contribution in [0.3, 0.4) is 0 Å². The highest BCUT2D eigenvalue weighted by molar-refractivity contribution is 6.39. The molecule has 1 aliphatic carbocycles. The Labute approximate surface area is 116 Å². The summed E-state index contributed by atoms with van der Waals surface area (Å²) in [5.74, 6) is -0.510. The SMILES string of the molecule is O=C(NNC(=O)C1CC1)C1=NOC(c2ccccc2)C1. The van der Waals surface area contributed by atoms with Crippen LogP contribution in [0.5, 0.6) is 0 Å². The van der Waals surface area contributed by atoms with E-state index in [1.807, 2.05) is 30.3 Å². The first-order chi connectivity index (χ1) is 9.74. The lowest BCUT2D eigenvalue weighted by atomic mass is 10.0. The molecule has 1 heterocycles. The van der Waals surface area contributed by atoms with E-state index in [1.54, 1.807) is 0 Å². The fourth-order valence-corrected chi connectivity index (χ4v) is 2.00. The second-order valence-corrected chi connectivity index (χ2v) is 4.96. The molecular formula is C14H15N3O3. The monoisotopic (exact) mass is 273 g/mol. The van der Waals surface area contributed by atoms with E-state index in [9.17, 15) is 9.59 Å². The van der Waals surface area contributed by atoms with Crippen LogP contribution in [0.2, 0.25) is 0 Å². The van der Waals surface area contributed by atoms with Gasteiger partial charge in [-0.25, -0.2) is 0 Å². The van der Waals surface area contributed by atoms with Gasteiger partial charge < -0.3 is 4.84 Å². The Kier molecular flexibility index (Phi) is 3.37. The van der Waals surface area contributed by atoms with Gasteiger partial charge >= 0.3 is 0 Å². The maximum atomic E-state index is 11.8. The molecule has 20 heavy (non-hydrogen) atoms. The maximum absolute atomic E-state index is 11.8. The topological polar surface area (TPSA) is 79.8 Å². The van der Waals surface area contributed by atoms with Gasteiger partial charge in [0.25, 0.3) is 5.91 Å². The summed E-state index contributed by atoms with van der Waals surface area (Å²) >= 11 is 0. The van der Waals surface area contributed by atoms with Crippen LogP contribution in [0.25, 0.3) is 0 Å². The Morgan fingerprint density at radius 3 is 2.60 bits per heavy atom. The van der Waals surface area contributed by atoms with Gasteiger partial charge in [-0.1, -0.05) is 35.5 Å². The summed E-state index contributed by atoms with van der Waals surface area (Å²) < 4.78 is 0. The van der Waals surface area contributed by atoms with Crippen molar-refractivity contribution in [3.8, 4) is 0 Å². The fourth-order valence-electron chi connectivity index (χ4n) is 2.00. The highest BCUT2D eigenvalue weighted by Gasteiger charge is 2.31. The van der Waals surface area contributed by atoms with Crippen molar-refractivity contribution in [2.24, 2.45) is 11.1 Å². The van der Waals surface area contributed by atoms with Crippen LogP contribution in [0.15, 0.2) is 35.5 Å². The Hall–Kier alpha value is -2.37. The number of nitrogens with zero attached hydrogens (tertiary/aromatic N) is 1. The summed E-state index contributed by atoms with van der Waals surface area (Å²) in [6.45, 7) is 0. The Bertz CT molecular complexity index is 552. The van der Waals surface area contributed by atoms with E-state index in [0.717, 1.165) is 18.4 Å². The second kappa shape index (κ2) is 5.32. The molecule has 2 amide bonds. The minimum atomic E-state index is -0.419. The van der Waals surface area contributed by atoms with Crippen LogP contribution in [0.1, 0.15) is 30.9 Å². The second-order valence-electron chi connectivity index (χ2n) is 4.96. The number of hydrogen-bond acceptors (Lipinski definition) is 4. The molecule has 1 atom stereocenters. The van der Waals surface area contributed by atoms with Crippen molar-refractivity contribution in [3.05, 3.63) is 35.9 Å². The van der Waals surface area contributed by atoms with Gasteiger partial charge in [0.2, 0.25) is 5.91 Å². The van der Waals surface area contributed by atoms with E-state index >= 15 is 0 Å². The molecule has 2 aliphatic rings. The average Bonchev–Trinajstić information content (AvgIpc) is 3.22. The molecule has 1 aromatic rings. The lowest BCUT2D eigenvalue weighted by molar-refractivity contribution is -0.127. The zero-order valence-electron chi connectivity index (χ0n) is 10.8. The number of hydrogen-bond donors (Lipinski definition) is 2. The number of oxime groups is 1. The van der Waals surface area contributed by atoms with E-state index in [1.165, 1.54) is 0 Å². The van der Waals surface area contributed by atoms with Crippen molar-refractivity contribution >= 4 is 17.5 Å². The molecular weight excluding hydrogens is 258 g/mol. The molecule has 3 rings (SSSR count). The molecule has 1 unspecified atom stereocenters. The number of amides is 2. The smallest absolute Gasteiger partial charge is 0.287 e. The molecule has 0 aromatic heterocycles. The van der Waals surface area contributed by atoms with Gasteiger partial charge in [-0.05, 0) is 18.4 Å². The van der Waals surface area contributed by atoms with Gasteiger partial charge in [-0.2, -0.15) is 0 Å². The quantitative estimate of drug-likeness (QED) is 0.808. The van der Waals surface area contributed by atoms with Crippen LogP contribution >= 0.6 is 0 Å². The summed E-state index contributed by atoms with van der Waals surface area (Å²) in [6, 6.07) is 9.59. The van der Waals surface area contributed by atoms with Gasteiger partial charge in [0, 0.05) is 12.3 Å². The molecule has 1 fully saturated rings. The molecule has 0 saturated heterocycles. The first-order valence-corrected chi connectivity index (χ1v) is 6.62. The minimum absolute atomic E-state index is 0.0501. The molecule has 0 radical (unpaired) electrons. The molecule has 1 saturated carbocycles. The largest absolute Gasteiger partial charge is 0.387 e. The number of benzene rings is 1. The molecule has 0 spiro atoms. The predicted octanol–water partition coefficient (Wildman–Crippen LogP) is 1.06. The van der Waals surface area contributed by atoms with Crippen molar-refractivity contribution in [1.82, 2.24) is 10.9 Å². The molecule has 2 N–H and O–H groups in total. The first-order valence-electron chi connectivity index (χ1n) is 6.62. The lowest BCUT2D eigenvalue weighted by Gasteiger charge is -2.08. The van der Waals surface area contributed by atoms with Crippen LogP contribution < -0.4 is 10.9 Å². The zero-order valence-corrected chi connectivity index (χ0v) is 10.8. The van der Waals surface area contributed by atoms with E-state index in [4.69, 9.17) is 4.84 Å². The minimum Gasteiger partial charge on any atom is -0.387 e. The highest BCUT2D eigenvalue weighted by atomic mass is 16.6. The van der Waals surface area contributed by atoms with Crippen LogP contribution in [0, 0.1) is 5.92 Å². The molecule has 1 aliphatic heterocycles. The molecule has 1 aromatic carbocycles. The standard InChI is InChI=1S/C14H15N3O3/c18-13(10-6-7-10)15-16-14(19)11-8-12(20-17-11)9-4-2-1-3-5-9/h1-5,10,12H,6-8H2,(H,15,18)(H,16,19). The van der Waals surface area contributed by atoms with Crippen LogP contribution in [-0.2, 0) is 14.4 Å². The predicted molar refractivity (Wildman–Crippen MR) is 71.3 cm³/mol. The van der Waals surface area contributed by atoms with Gasteiger partial charge in [-0.15, -0.1) is 0 Å². The molecule has 104 valence electrons. The van der Waals surface area contributed by atoms with Gasteiger partial charge in [-0.3, -0.25) is 20.4 Å². The van der Waals surface area contributed by atoms with Gasteiger partial charge in [0.15, 0.2) is 11.8 Å². The third kappa shape index (κ3) is 2.79. The lowest BCUT2D eigenvalue weighted by Crippen LogP contribution is -2.45. The third-order valence-corrected chi connectivity index (χ3v) is 3.35. The van der Waals surface area contributed by atoms with Crippen molar-refractivity contribution in [1.29, 1.82) is 0 Å². The summed E-state index contributed by atoms with van der Waals surface area (Å²) in [7, 11) is 0. The first kappa shape index (κ1) is 12.7. The summed E-state index contributed by atoms with van der Waals surface area (Å²) in [4.78, 5) is 28.5. The number of nitrogens with one attached hydrogen (secondary N) is 2. The van der Waals surface area contributed by atoms with Crippen molar-refractivity contribution < 1.29 is 14.4 Å². The maximum Gasteiger partial charge on any atom is 0.287 e. The molecule has 6 nitrogen and oxygen atoms in total. The van der Waals surface area contributed by atoms with E-state index < -0.39 is 5.91 Å². The zero-order chi connectivity index (χ0) is 13.9. The van der Waals surface area contributed by atoms with E-state index in [2.05, 4.69) is 16.0 Å². The Balaban J connectivity index is 1.51. The van der Waals surface area contributed by atoms with E-state index in [0.29, 0.717) is 6.42 Å². The van der Waals surface area contributed by atoms with Crippen molar-refractivity contribution in [2.75, 3.05) is 0 Å². The van der Waals surface area contributed by atoms with Gasteiger partial charge in [0.1, 0.15) is 0 Å². The summed E-state index contributed by atoms with van der Waals surface area (Å²) in [5.41, 5.74) is 6.03. The molecule has 0 bridgehead atoms. The van der Waals surface area contributed by atoms with E-state index in [-0.39, 0.29) is 23.6 Å². The average molecular weight is 273 g/mol. The number of carbonyl (C=O) groups excluding carboxylic acids is 2. The van der Waals surface area contributed by atoms with Gasteiger partial charge in [0.05, 0.1) is 0 Å². The third-order valence-electron chi connectivity index (χ3n) is 3.35. The fraction of sp³-hybridized carbons (Fsp3) is 0.357. The number of carbonyl (C=O) groups is 2.